The van der Waals surface area contributed by atoms with Crippen molar-refractivity contribution in [3.63, 3.8) is 0 Å². The standard InChI is InChI=1S/C16H19ClN2OS/c1-9-5-6-12(17)11-8-14(21-15(9)11)16(20)19-13-4-3-7-18-10(13)2/h5-6,8,10,13,18H,3-4,7H2,1-2H3,(H,19,20)/t10?,13-/m1/s1. The van der Waals surface area contributed by atoms with E-state index in [1.165, 1.54) is 11.3 Å². The summed E-state index contributed by atoms with van der Waals surface area (Å²) in [5.41, 5.74) is 1.16. The number of rotatable bonds is 2. The van der Waals surface area contributed by atoms with Gasteiger partial charge in [0.15, 0.2) is 0 Å². The second-order valence-corrected chi connectivity index (χ2v) is 7.14. The van der Waals surface area contributed by atoms with Gasteiger partial charge in [-0.25, -0.2) is 0 Å². The number of carbonyl (C=O) groups excluding carboxylic acids is 1. The van der Waals surface area contributed by atoms with Crippen molar-refractivity contribution >= 4 is 38.9 Å². The van der Waals surface area contributed by atoms with E-state index in [1.54, 1.807) is 0 Å². The first-order valence-corrected chi connectivity index (χ1v) is 8.48. The van der Waals surface area contributed by atoms with Gasteiger partial charge in [-0.2, -0.15) is 0 Å². The average Bonchev–Trinajstić information content (AvgIpc) is 2.92. The molecule has 0 aliphatic carbocycles. The molecule has 1 aliphatic rings. The average molecular weight is 323 g/mol. The minimum Gasteiger partial charge on any atom is -0.347 e. The zero-order chi connectivity index (χ0) is 15.0. The highest BCUT2D eigenvalue weighted by Gasteiger charge is 2.23. The van der Waals surface area contributed by atoms with Gasteiger partial charge in [0, 0.05) is 27.2 Å². The van der Waals surface area contributed by atoms with E-state index < -0.39 is 0 Å². The van der Waals surface area contributed by atoms with Crippen LogP contribution in [0.2, 0.25) is 5.02 Å². The van der Waals surface area contributed by atoms with E-state index in [0.717, 1.165) is 39.9 Å². The van der Waals surface area contributed by atoms with E-state index in [1.807, 2.05) is 25.1 Å². The van der Waals surface area contributed by atoms with Crippen molar-refractivity contribution in [3.05, 3.63) is 33.7 Å². The van der Waals surface area contributed by atoms with Crippen molar-refractivity contribution in [3.8, 4) is 0 Å². The lowest BCUT2D eigenvalue weighted by Crippen LogP contribution is -2.51. The highest BCUT2D eigenvalue weighted by atomic mass is 35.5. The van der Waals surface area contributed by atoms with Crippen molar-refractivity contribution < 1.29 is 4.79 Å². The van der Waals surface area contributed by atoms with Gasteiger partial charge in [-0.1, -0.05) is 17.7 Å². The maximum absolute atomic E-state index is 12.5. The van der Waals surface area contributed by atoms with Crippen molar-refractivity contribution in [1.82, 2.24) is 10.6 Å². The Morgan fingerprint density at radius 3 is 3.00 bits per heavy atom. The lowest BCUT2D eigenvalue weighted by molar-refractivity contribution is 0.0924. The van der Waals surface area contributed by atoms with Gasteiger partial charge >= 0.3 is 0 Å². The number of nitrogens with one attached hydrogen (secondary N) is 2. The molecule has 1 saturated heterocycles. The molecule has 0 spiro atoms. The van der Waals surface area contributed by atoms with E-state index in [9.17, 15) is 4.79 Å². The van der Waals surface area contributed by atoms with Gasteiger partial charge in [-0.15, -0.1) is 11.3 Å². The van der Waals surface area contributed by atoms with Gasteiger partial charge in [0.1, 0.15) is 0 Å². The van der Waals surface area contributed by atoms with Crippen LogP contribution in [0, 0.1) is 6.92 Å². The summed E-state index contributed by atoms with van der Waals surface area (Å²) in [6, 6.07) is 6.32. The molecule has 0 radical (unpaired) electrons. The number of fused-ring (bicyclic) bond motifs is 1. The Balaban J connectivity index is 1.84. The number of piperidine rings is 1. The fourth-order valence-corrected chi connectivity index (χ4v) is 4.14. The van der Waals surface area contributed by atoms with E-state index in [2.05, 4.69) is 17.6 Å². The smallest absolute Gasteiger partial charge is 0.261 e. The first-order valence-electron chi connectivity index (χ1n) is 7.29. The van der Waals surface area contributed by atoms with Crippen LogP contribution < -0.4 is 10.6 Å². The highest BCUT2D eigenvalue weighted by molar-refractivity contribution is 7.21. The van der Waals surface area contributed by atoms with Crippen LogP contribution in [0.25, 0.3) is 10.1 Å². The molecule has 112 valence electrons. The summed E-state index contributed by atoms with van der Waals surface area (Å²) < 4.78 is 1.10. The van der Waals surface area contributed by atoms with Gasteiger partial charge < -0.3 is 10.6 Å². The monoisotopic (exact) mass is 322 g/mol. The van der Waals surface area contributed by atoms with E-state index in [0.29, 0.717) is 11.1 Å². The molecule has 2 heterocycles. The molecular weight excluding hydrogens is 304 g/mol. The van der Waals surface area contributed by atoms with Gasteiger partial charge in [0.05, 0.1) is 4.88 Å². The van der Waals surface area contributed by atoms with Crippen LogP contribution in [0.3, 0.4) is 0 Å². The molecule has 3 rings (SSSR count). The molecule has 3 nitrogen and oxygen atoms in total. The molecule has 2 atom stereocenters. The predicted octanol–water partition coefficient (Wildman–Crippen LogP) is 3.73. The van der Waals surface area contributed by atoms with Gasteiger partial charge in [0.2, 0.25) is 0 Å². The maximum atomic E-state index is 12.5. The molecule has 5 heteroatoms. The summed E-state index contributed by atoms with van der Waals surface area (Å²) in [5.74, 6) is 0.00668. The summed E-state index contributed by atoms with van der Waals surface area (Å²) >= 11 is 7.75. The molecule has 1 fully saturated rings. The van der Waals surface area contributed by atoms with Crippen molar-refractivity contribution in [1.29, 1.82) is 0 Å². The minimum atomic E-state index is 0.00668. The molecule has 2 aromatic rings. The van der Waals surface area contributed by atoms with Crippen LogP contribution in [0.1, 0.15) is 35.0 Å². The third-order valence-electron chi connectivity index (χ3n) is 4.13. The largest absolute Gasteiger partial charge is 0.347 e. The number of benzene rings is 1. The number of hydrogen-bond acceptors (Lipinski definition) is 3. The van der Waals surface area contributed by atoms with E-state index in [4.69, 9.17) is 11.6 Å². The topological polar surface area (TPSA) is 41.1 Å². The molecule has 1 aliphatic heterocycles. The summed E-state index contributed by atoms with van der Waals surface area (Å²) in [5, 5.41) is 8.23. The number of aryl methyl sites for hydroxylation is 1. The van der Waals surface area contributed by atoms with Gasteiger partial charge in [-0.3, -0.25) is 4.79 Å². The Bertz CT molecular complexity index is 643. The summed E-state index contributed by atoms with van der Waals surface area (Å²) in [4.78, 5) is 13.2. The number of carbonyl (C=O) groups is 1. The van der Waals surface area contributed by atoms with Crippen LogP contribution in [0.15, 0.2) is 18.2 Å². The SMILES string of the molecule is Cc1ccc(Cl)c2cc(C(=O)N[C@@H]3CCCNC3C)sc12. The summed E-state index contributed by atoms with van der Waals surface area (Å²) in [6.07, 6.45) is 2.14. The normalized spacial score (nSPS) is 22.4. The Morgan fingerprint density at radius 2 is 2.29 bits per heavy atom. The lowest BCUT2D eigenvalue weighted by Gasteiger charge is -2.30. The van der Waals surface area contributed by atoms with E-state index >= 15 is 0 Å². The second-order valence-electron chi connectivity index (χ2n) is 5.68. The van der Waals surface area contributed by atoms with Crippen LogP contribution in [0.5, 0.6) is 0 Å². The Hall–Kier alpha value is -1.10. The van der Waals surface area contributed by atoms with Crippen LogP contribution in [-0.2, 0) is 0 Å². The predicted molar refractivity (Wildman–Crippen MR) is 89.5 cm³/mol. The maximum Gasteiger partial charge on any atom is 0.261 e. The quantitative estimate of drug-likeness (QED) is 0.884. The zero-order valence-electron chi connectivity index (χ0n) is 12.2. The molecule has 1 aromatic heterocycles. The summed E-state index contributed by atoms with van der Waals surface area (Å²) in [6.45, 7) is 5.20. The van der Waals surface area contributed by atoms with Crippen LogP contribution >= 0.6 is 22.9 Å². The number of thiophene rings is 1. The first kappa shape index (κ1) is 14.8. The third kappa shape index (κ3) is 2.93. The van der Waals surface area contributed by atoms with Crippen LogP contribution in [-0.4, -0.2) is 24.5 Å². The fourth-order valence-electron chi connectivity index (χ4n) is 2.82. The van der Waals surface area contributed by atoms with Crippen molar-refractivity contribution in [2.24, 2.45) is 0 Å². The van der Waals surface area contributed by atoms with E-state index in [-0.39, 0.29) is 11.9 Å². The minimum absolute atomic E-state index is 0.00668. The molecule has 0 bridgehead atoms. The molecule has 1 aromatic carbocycles. The molecule has 1 unspecified atom stereocenters. The molecule has 21 heavy (non-hydrogen) atoms. The first-order chi connectivity index (χ1) is 10.1. The van der Waals surface area contributed by atoms with Crippen molar-refractivity contribution in [2.75, 3.05) is 6.54 Å². The summed E-state index contributed by atoms with van der Waals surface area (Å²) in [7, 11) is 0. The molecule has 0 saturated carbocycles. The Labute approximate surface area is 133 Å². The fraction of sp³-hybridized carbons (Fsp3) is 0.438. The van der Waals surface area contributed by atoms with Gasteiger partial charge in [-0.05, 0) is 50.9 Å². The second kappa shape index (κ2) is 5.95. The Morgan fingerprint density at radius 1 is 1.48 bits per heavy atom. The van der Waals surface area contributed by atoms with Gasteiger partial charge in [0.25, 0.3) is 5.91 Å². The lowest BCUT2D eigenvalue weighted by atomic mass is 10.00. The molecular formula is C16H19ClN2OS. The zero-order valence-corrected chi connectivity index (χ0v) is 13.8. The highest BCUT2D eigenvalue weighted by Crippen LogP contribution is 2.33. The Kier molecular flexibility index (Phi) is 4.20. The number of amides is 1. The number of hydrogen-bond donors (Lipinski definition) is 2. The van der Waals surface area contributed by atoms with Crippen LogP contribution in [0.4, 0.5) is 0 Å². The van der Waals surface area contributed by atoms with Crippen molar-refractivity contribution in [2.45, 2.75) is 38.8 Å². The third-order valence-corrected chi connectivity index (χ3v) is 5.73. The molecule has 1 amide bonds. The molecule has 2 N–H and O–H groups in total. The number of halogens is 1.